The normalized spacial score (nSPS) is 22.8. The van der Waals surface area contributed by atoms with Crippen LogP contribution >= 0.6 is 12.2 Å². The second kappa shape index (κ2) is 5.32. The third-order valence-electron chi connectivity index (χ3n) is 2.85. The molecule has 96 valence electrons. The van der Waals surface area contributed by atoms with Crippen molar-refractivity contribution in [2.45, 2.75) is 18.6 Å². The summed E-state index contributed by atoms with van der Waals surface area (Å²) in [4.78, 5) is 12.6. The fourth-order valence-electron chi connectivity index (χ4n) is 1.99. The van der Waals surface area contributed by atoms with Crippen molar-refractivity contribution in [3.8, 4) is 0 Å². The van der Waals surface area contributed by atoms with Crippen molar-refractivity contribution in [1.29, 1.82) is 0 Å². The van der Waals surface area contributed by atoms with Gasteiger partial charge in [0.15, 0.2) is 5.11 Å². The zero-order chi connectivity index (χ0) is 13.1. The van der Waals surface area contributed by atoms with Gasteiger partial charge in [-0.15, -0.1) is 0 Å². The highest BCUT2D eigenvalue weighted by Crippen LogP contribution is 2.19. The Hall–Kier alpha value is -1.66. The first-order chi connectivity index (χ1) is 8.58. The molecule has 1 saturated heterocycles. The molecule has 5 nitrogen and oxygen atoms in total. The monoisotopic (exact) mass is 266 g/mol. The fourth-order valence-corrected chi connectivity index (χ4v) is 2.31. The highest BCUT2D eigenvalue weighted by Gasteiger charge is 2.37. The van der Waals surface area contributed by atoms with Crippen molar-refractivity contribution in [1.82, 2.24) is 4.90 Å². The van der Waals surface area contributed by atoms with Crippen LogP contribution < -0.4 is 5.32 Å². The van der Waals surface area contributed by atoms with Gasteiger partial charge in [0.05, 0.1) is 6.10 Å². The average molecular weight is 266 g/mol. The van der Waals surface area contributed by atoms with Crippen LogP contribution in [0.5, 0.6) is 0 Å². The molecule has 0 aliphatic carbocycles. The largest absolute Gasteiger partial charge is 0.480 e. The Balaban J connectivity index is 2.06. The fraction of sp³-hybridized carbons (Fsp3) is 0.333. The van der Waals surface area contributed by atoms with Crippen LogP contribution in [0.1, 0.15) is 6.42 Å². The topological polar surface area (TPSA) is 72.8 Å². The van der Waals surface area contributed by atoms with Gasteiger partial charge in [-0.05, 0) is 24.4 Å². The lowest BCUT2D eigenvalue weighted by Crippen LogP contribution is -2.42. The smallest absolute Gasteiger partial charge is 0.326 e. The van der Waals surface area contributed by atoms with E-state index < -0.39 is 18.1 Å². The number of nitrogens with one attached hydrogen (secondary N) is 1. The molecule has 0 radical (unpaired) electrons. The lowest BCUT2D eigenvalue weighted by Gasteiger charge is -2.24. The Morgan fingerprint density at radius 1 is 1.39 bits per heavy atom. The SMILES string of the molecule is O=C(O)[C@@H]1C[C@@H](O)CN1C(=S)Nc1ccccc1. The van der Waals surface area contributed by atoms with Crippen molar-refractivity contribution in [3.63, 3.8) is 0 Å². The van der Waals surface area contributed by atoms with E-state index in [1.54, 1.807) is 0 Å². The Labute approximate surface area is 110 Å². The van der Waals surface area contributed by atoms with Crippen molar-refractivity contribution in [3.05, 3.63) is 30.3 Å². The summed E-state index contributed by atoms with van der Waals surface area (Å²) in [6.45, 7) is 0.246. The Morgan fingerprint density at radius 2 is 2.06 bits per heavy atom. The second-order valence-corrected chi connectivity index (χ2v) is 4.58. The number of hydrogen-bond donors (Lipinski definition) is 3. The van der Waals surface area contributed by atoms with E-state index >= 15 is 0 Å². The minimum Gasteiger partial charge on any atom is -0.480 e. The Morgan fingerprint density at radius 3 is 2.67 bits per heavy atom. The van der Waals surface area contributed by atoms with Gasteiger partial charge in [0.25, 0.3) is 0 Å². The molecule has 2 rings (SSSR count). The summed E-state index contributed by atoms with van der Waals surface area (Å²) in [7, 11) is 0. The number of anilines is 1. The third kappa shape index (κ3) is 2.77. The summed E-state index contributed by atoms with van der Waals surface area (Å²) in [5.74, 6) is -0.969. The quantitative estimate of drug-likeness (QED) is 0.691. The molecule has 2 atom stereocenters. The maximum absolute atomic E-state index is 11.1. The first-order valence-corrected chi connectivity index (χ1v) is 6.02. The van der Waals surface area contributed by atoms with Gasteiger partial charge in [-0.2, -0.15) is 0 Å². The van der Waals surface area contributed by atoms with E-state index in [-0.39, 0.29) is 13.0 Å². The van der Waals surface area contributed by atoms with Gasteiger partial charge in [-0.25, -0.2) is 4.79 Å². The maximum atomic E-state index is 11.1. The molecule has 0 spiro atoms. The number of β-amino-alcohol motifs (C(OH)–C–C–N with tert-alkyl or cyclic N) is 1. The number of nitrogens with zero attached hydrogens (tertiary/aromatic N) is 1. The van der Waals surface area contributed by atoms with Gasteiger partial charge in [0, 0.05) is 18.7 Å². The van der Waals surface area contributed by atoms with Crippen molar-refractivity contribution < 1.29 is 15.0 Å². The third-order valence-corrected chi connectivity index (χ3v) is 3.19. The molecule has 0 bridgehead atoms. The van der Waals surface area contributed by atoms with Crippen LogP contribution in [-0.2, 0) is 4.79 Å². The molecule has 1 fully saturated rings. The molecule has 18 heavy (non-hydrogen) atoms. The molecule has 0 unspecified atom stereocenters. The zero-order valence-electron chi connectivity index (χ0n) is 9.61. The molecule has 0 amide bonds. The number of aliphatic hydroxyl groups excluding tert-OH is 1. The van der Waals surface area contributed by atoms with E-state index in [2.05, 4.69) is 5.32 Å². The van der Waals surface area contributed by atoms with Crippen LogP contribution in [-0.4, -0.2) is 44.9 Å². The number of likely N-dealkylation sites (tertiary alicyclic amines) is 1. The number of thiocarbonyl (C=S) groups is 1. The first-order valence-electron chi connectivity index (χ1n) is 5.61. The molecule has 0 aromatic heterocycles. The summed E-state index contributed by atoms with van der Waals surface area (Å²) in [6.07, 6.45) is -0.451. The van der Waals surface area contributed by atoms with E-state index in [4.69, 9.17) is 17.3 Å². The van der Waals surface area contributed by atoms with Crippen LogP contribution in [0.25, 0.3) is 0 Å². The van der Waals surface area contributed by atoms with Gasteiger partial charge >= 0.3 is 5.97 Å². The van der Waals surface area contributed by atoms with E-state index in [0.717, 1.165) is 5.69 Å². The molecule has 1 aromatic carbocycles. The molecular weight excluding hydrogens is 252 g/mol. The predicted molar refractivity (Wildman–Crippen MR) is 71.4 cm³/mol. The molecule has 0 saturated carbocycles. The number of carboxylic acid groups (broad SMARTS) is 1. The predicted octanol–water partition coefficient (Wildman–Crippen LogP) is 0.903. The maximum Gasteiger partial charge on any atom is 0.326 e. The number of benzene rings is 1. The average Bonchev–Trinajstić information content (AvgIpc) is 2.73. The van der Waals surface area contributed by atoms with Gasteiger partial charge in [0.1, 0.15) is 6.04 Å². The summed E-state index contributed by atoms with van der Waals surface area (Å²) in [5.41, 5.74) is 0.799. The van der Waals surface area contributed by atoms with E-state index in [9.17, 15) is 9.90 Å². The minimum absolute atomic E-state index is 0.200. The molecular formula is C12H14N2O3S. The van der Waals surface area contributed by atoms with Crippen molar-refractivity contribution in [2.24, 2.45) is 0 Å². The summed E-state index contributed by atoms with van der Waals surface area (Å²) < 4.78 is 0. The first kappa shape index (κ1) is 12.8. The summed E-state index contributed by atoms with van der Waals surface area (Å²) in [6, 6.07) is 8.53. The number of hydrogen-bond acceptors (Lipinski definition) is 3. The lowest BCUT2D eigenvalue weighted by atomic mass is 10.2. The number of carbonyl (C=O) groups is 1. The highest BCUT2D eigenvalue weighted by molar-refractivity contribution is 7.80. The molecule has 1 aliphatic rings. The van der Waals surface area contributed by atoms with Gasteiger partial charge < -0.3 is 20.4 Å². The van der Waals surface area contributed by atoms with Crippen LogP contribution in [0.2, 0.25) is 0 Å². The molecule has 1 heterocycles. The van der Waals surface area contributed by atoms with E-state index in [1.807, 2.05) is 30.3 Å². The second-order valence-electron chi connectivity index (χ2n) is 4.19. The molecule has 3 N–H and O–H groups in total. The Bertz CT molecular complexity index is 452. The minimum atomic E-state index is -0.969. The van der Waals surface area contributed by atoms with Gasteiger partial charge in [-0.3, -0.25) is 0 Å². The van der Waals surface area contributed by atoms with Crippen LogP contribution in [0.3, 0.4) is 0 Å². The van der Waals surface area contributed by atoms with E-state index in [1.165, 1.54) is 4.90 Å². The highest BCUT2D eigenvalue weighted by atomic mass is 32.1. The molecule has 1 aromatic rings. The van der Waals surface area contributed by atoms with Crippen LogP contribution in [0, 0.1) is 0 Å². The standard InChI is InChI=1S/C12H14N2O3S/c15-9-6-10(11(16)17)14(7-9)12(18)13-8-4-2-1-3-5-8/h1-5,9-10,15H,6-7H2,(H,13,18)(H,16,17)/t9-,10+/m1/s1. The van der Waals surface area contributed by atoms with E-state index in [0.29, 0.717) is 5.11 Å². The van der Waals surface area contributed by atoms with Crippen LogP contribution in [0.15, 0.2) is 30.3 Å². The number of aliphatic hydroxyl groups is 1. The zero-order valence-corrected chi connectivity index (χ0v) is 10.4. The number of carboxylic acids is 1. The Kier molecular flexibility index (Phi) is 3.78. The van der Waals surface area contributed by atoms with Gasteiger partial charge in [-0.1, -0.05) is 18.2 Å². The van der Waals surface area contributed by atoms with Crippen molar-refractivity contribution in [2.75, 3.05) is 11.9 Å². The number of rotatable bonds is 2. The van der Waals surface area contributed by atoms with Crippen LogP contribution in [0.4, 0.5) is 5.69 Å². The lowest BCUT2D eigenvalue weighted by molar-refractivity contribution is -0.140. The van der Waals surface area contributed by atoms with Gasteiger partial charge in [0.2, 0.25) is 0 Å². The summed E-state index contributed by atoms with van der Waals surface area (Å²) >= 11 is 5.19. The molecule has 1 aliphatic heterocycles. The number of para-hydroxylation sites is 1. The molecule has 6 heteroatoms. The van der Waals surface area contributed by atoms with Crippen molar-refractivity contribution >= 4 is 29.0 Å². The summed E-state index contributed by atoms with van der Waals surface area (Å²) in [5, 5.41) is 21.9. The number of aliphatic carboxylic acids is 1.